The molecule has 6 N–H and O–H groups in total. The van der Waals surface area contributed by atoms with Gasteiger partial charge in [-0.1, -0.05) is 48.5 Å². The summed E-state index contributed by atoms with van der Waals surface area (Å²) >= 11 is 0. The number of aromatic carboxylic acids is 2. The van der Waals surface area contributed by atoms with E-state index in [0.717, 1.165) is 57.4 Å². The molecule has 13 nitrogen and oxygen atoms in total. The van der Waals surface area contributed by atoms with Gasteiger partial charge < -0.3 is 40.0 Å². The summed E-state index contributed by atoms with van der Waals surface area (Å²) in [7, 11) is 0. The van der Waals surface area contributed by atoms with E-state index in [4.69, 9.17) is 26.2 Å². The van der Waals surface area contributed by atoms with Crippen molar-refractivity contribution >= 4 is 63.6 Å². The minimum atomic E-state index is -4.90. The minimum Gasteiger partial charge on any atom is -0.481 e. The molecule has 6 rings (SSSR count). The maximum absolute atomic E-state index is 13.8. The molecule has 0 aliphatic rings. The van der Waals surface area contributed by atoms with Gasteiger partial charge in [0.25, 0.3) is 0 Å². The van der Waals surface area contributed by atoms with Crippen LogP contribution in [0, 0.1) is 38.2 Å². The zero-order chi connectivity index (χ0) is 47.3. The number of carbonyl (C=O) groups is 4. The molecule has 0 radical (unpaired) electrons. The highest BCUT2D eigenvalue weighted by Gasteiger charge is 2.32. The first kappa shape index (κ1) is 49.3. The highest BCUT2D eigenvalue weighted by atomic mass is 19.4. The first-order chi connectivity index (χ1) is 29.4. The number of hydrogen-bond acceptors (Lipinski definition) is 7. The molecule has 0 amide bonds. The van der Waals surface area contributed by atoms with Gasteiger partial charge in [0.05, 0.1) is 34.8 Å². The van der Waals surface area contributed by atoms with Crippen molar-refractivity contribution in [3.05, 3.63) is 159 Å². The molecule has 0 atom stereocenters. The van der Waals surface area contributed by atoms with Crippen molar-refractivity contribution in [2.45, 2.75) is 40.1 Å². The molecule has 2 heterocycles. The molecule has 0 spiro atoms. The number of nitrogens with two attached hydrogens (primary N) is 1. The smallest absolute Gasteiger partial charge is 0.481 e. The van der Waals surface area contributed by atoms with Crippen LogP contribution in [0.15, 0.2) is 102 Å². The van der Waals surface area contributed by atoms with E-state index in [0.29, 0.717) is 18.7 Å². The molecule has 0 aliphatic carbocycles. The molecule has 0 saturated carbocycles. The van der Waals surface area contributed by atoms with Gasteiger partial charge in [-0.3, -0.25) is 9.59 Å². The van der Waals surface area contributed by atoms with E-state index in [1.54, 1.807) is 6.08 Å². The molecule has 0 aliphatic heterocycles. The Morgan fingerprint density at radius 3 is 2.10 bits per heavy atom. The largest absolute Gasteiger partial charge is 0.573 e. The number of alkyl halides is 3. The number of nitrogen functional groups attached to an aromatic ring is 1. The quantitative estimate of drug-likeness (QED) is 0.0304. The number of hydrogen-bond donors (Lipinski definition) is 5. The Morgan fingerprint density at radius 1 is 0.841 bits per heavy atom. The zero-order valence-corrected chi connectivity index (χ0v) is 33.3. The van der Waals surface area contributed by atoms with Crippen LogP contribution >= 0.6 is 0 Å². The fraction of sp³-hybridized carbons (Fsp3) is 0.136. The summed E-state index contributed by atoms with van der Waals surface area (Å²) in [5.41, 5.74) is 9.87. The van der Waals surface area contributed by atoms with Gasteiger partial charge in [0.2, 0.25) is 5.43 Å². The topological polar surface area (TPSA) is 211 Å². The Balaban J connectivity index is 0.000000227. The van der Waals surface area contributed by atoms with Gasteiger partial charge in [0.15, 0.2) is 23.2 Å². The normalized spacial score (nSPS) is 10.7. The second kappa shape index (κ2) is 21.5. The van der Waals surface area contributed by atoms with Crippen LogP contribution in [-0.2, 0) is 16.1 Å². The van der Waals surface area contributed by atoms with Gasteiger partial charge in [-0.25, -0.2) is 27.6 Å². The highest BCUT2D eigenvalue weighted by molar-refractivity contribution is 5.93. The van der Waals surface area contributed by atoms with Crippen LogP contribution in [0.1, 0.15) is 49.4 Å². The third kappa shape index (κ3) is 13.7. The lowest BCUT2D eigenvalue weighted by Crippen LogP contribution is -2.19. The van der Waals surface area contributed by atoms with Gasteiger partial charge in [0.1, 0.15) is 5.56 Å². The number of para-hydroxylation sites is 1. The van der Waals surface area contributed by atoms with E-state index in [2.05, 4.69) is 23.1 Å². The second-order valence-electron chi connectivity index (χ2n) is 13.1. The van der Waals surface area contributed by atoms with Crippen LogP contribution in [0.25, 0.3) is 34.1 Å². The summed E-state index contributed by atoms with van der Waals surface area (Å²) in [6, 6.07) is 17.3. The molecule has 63 heavy (non-hydrogen) atoms. The molecule has 4 aromatic carbocycles. The van der Waals surface area contributed by atoms with E-state index >= 15 is 0 Å². The molecule has 0 saturated heterocycles. The summed E-state index contributed by atoms with van der Waals surface area (Å²) in [6.45, 7) is 9.73. The Hall–Kier alpha value is -8.05. The molecule has 0 bridgehead atoms. The van der Waals surface area contributed by atoms with Gasteiger partial charge in [-0.2, -0.15) is 0 Å². The summed E-state index contributed by atoms with van der Waals surface area (Å²) in [4.78, 5) is 54.0. The molecule has 19 heteroatoms. The first-order valence-corrected chi connectivity index (χ1v) is 17.9. The fourth-order valence-electron chi connectivity index (χ4n) is 5.58. The molecule has 6 aromatic rings. The zero-order valence-electron chi connectivity index (χ0n) is 33.3. The number of ether oxygens (including phenoxy) is 1. The van der Waals surface area contributed by atoms with Crippen molar-refractivity contribution < 1.29 is 70.7 Å². The van der Waals surface area contributed by atoms with Crippen LogP contribution in [0.5, 0.6) is 5.75 Å². The lowest BCUT2D eigenvalue weighted by atomic mass is 10.1. The van der Waals surface area contributed by atoms with Crippen molar-refractivity contribution in [3.63, 3.8) is 0 Å². The number of pyridine rings is 1. The summed E-state index contributed by atoms with van der Waals surface area (Å²) in [5.74, 6) is -10.3. The van der Waals surface area contributed by atoms with E-state index in [9.17, 15) is 50.3 Å². The van der Waals surface area contributed by atoms with Crippen LogP contribution in [0.2, 0.25) is 0 Å². The molecular weight excluding hydrogens is 844 g/mol. The first-order valence-electron chi connectivity index (χ1n) is 17.9. The molecule has 2 aromatic heterocycles. The average Bonchev–Trinajstić information content (AvgIpc) is 3.53. The SMILES string of the molecule is C=C=Cn1cc(C(=O)O)c(=O)c2cc(F)c(F)c(F)c21.Cc1ccc(C)c(C=CC(=O)O)c1.Cc1cn(CCC(=O)O)c2ccccc12.Nc1ccc(C(=O)O)cc1OC(F)(F)F. The van der Waals surface area contributed by atoms with Crippen molar-refractivity contribution in [2.75, 3.05) is 5.73 Å². The van der Waals surface area contributed by atoms with E-state index in [1.807, 2.05) is 67.9 Å². The molecule has 330 valence electrons. The lowest BCUT2D eigenvalue weighted by Gasteiger charge is -2.11. The maximum Gasteiger partial charge on any atom is 0.573 e. The van der Waals surface area contributed by atoms with Crippen molar-refractivity contribution in [2.24, 2.45) is 0 Å². The van der Waals surface area contributed by atoms with Crippen LogP contribution < -0.4 is 15.9 Å². The third-order valence-corrected chi connectivity index (χ3v) is 8.49. The van der Waals surface area contributed by atoms with Crippen molar-refractivity contribution in [1.29, 1.82) is 0 Å². The van der Waals surface area contributed by atoms with Gasteiger partial charge in [-0.05, 0) is 73.9 Å². The minimum absolute atomic E-state index is 0.165. The lowest BCUT2D eigenvalue weighted by molar-refractivity contribution is -0.274. The van der Waals surface area contributed by atoms with E-state index in [-0.39, 0.29) is 17.7 Å². The number of aryl methyl sites for hydroxylation is 4. The highest BCUT2D eigenvalue weighted by Crippen LogP contribution is 2.29. The monoisotopic (exact) mass is 881 g/mol. The standard InChI is InChI=1S/C13H6F3NO3.C12H13NO2.C11H12O2.C8H6F3NO3/c1-2-3-17-5-7(13(19)20)12(18)6-4-8(14)9(15)10(16)11(6)17;1-9-8-13(7-6-12(14)15)11-5-3-2-4-10(9)11;1-8-3-4-9(2)10(7-8)5-6-11(12)13;9-8(10,11)15-6-3-4(7(13)14)1-2-5(6)12/h3-5H,1H2,(H,19,20);2-5,8H,6-7H2,1H3,(H,14,15);3-7H,1-2H3,(H,12,13);1-3H,12H2,(H,13,14). The predicted molar refractivity (Wildman–Crippen MR) is 221 cm³/mol. The number of rotatable bonds is 9. The summed E-state index contributed by atoms with van der Waals surface area (Å²) < 4.78 is 82.0. The van der Waals surface area contributed by atoms with Crippen LogP contribution in [-0.4, -0.2) is 59.8 Å². The Bertz CT molecular complexity index is 2840. The molecule has 0 fully saturated rings. The van der Waals surface area contributed by atoms with E-state index in [1.165, 1.54) is 10.9 Å². The number of aliphatic carboxylic acids is 2. The molecular formula is C44H37F6N3O10. The number of anilines is 1. The predicted octanol–water partition coefficient (Wildman–Crippen LogP) is 9.06. The number of aromatic nitrogens is 2. The number of nitrogens with zero attached hydrogens (tertiary/aromatic N) is 2. The number of carboxylic acids is 4. The van der Waals surface area contributed by atoms with Crippen molar-refractivity contribution in [1.82, 2.24) is 9.13 Å². The van der Waals surface area contributed by atoms with Crippen LogP contribution in [0.3, 0.4) is 0 Å². The Morgan fingerprint density at radius 2 is 1.51 bits per heavy atom. The van der Waals surface area contributed by atoms with Gasteiger partial charge in [-0.15, -0.1) is 18.9 Å². The van der Waals surface area contributed by atoms with Gasteiger partial charge >= 0.3 is 30.2 Å². The Labute approximate surface area is 353 Å². The second-order valence-corrected chi connectivity index (χ2v) is 13.1. The number of carboxylic acid groups (broad SMARTS) is 4. The van der Waals surface area contributed by atoms with Crippen LogP contribution in [0.4, 0.5) is 32.0 Å². The maximum atomic E-state index is 13.8. The Kier molecular flexibility index (Phi) is 16.8. The third-order valence-electron chi connectivity index (χ3n) is 8.49. The van der Waals surface area contributed by atoms with E-state index < -0.39 is 75.3 Å². The number of halogens is 6. The fourth-order valence-corrected chi connectivity index (χ4v) is 5.58. The summed E-state index contributed by atoms with van der Waals surface area (Å²) in [5, 5.41) is 35.1. The number of fused-ring (bicyclic) bond motifs is 2. The van der Waals surface area contributed by atoms with Gasteiger partial charge in [0, 0.05) is 35.9 Å². The van der Waals surface area contributed by atoms with Crippen molar-refractivity contribution in [3.8, 4) is 5.75 Å². The summed E-state index contributed by atoms with van der Waals surface area (Å²) in [6.07, 6.45) is 1.82. The average molecular weight is 882 g/mol. The molecule has 0 unspecified atom stereocenters. The number of benzene rings is 4.